The van der Waals surface area contributed by atoms with Crippen molar-refractivity contribution in [1.82, 2.24) is 9.88 Å². The van der Waals surface area contributed by atoms with Crippen molar-refractivity contribution in [2.45, 2.75) is 32.7 Å². The van der Waals surface area contributed by atoms with Gasteiger partial charge in [-0.25, -0.2) is 4.98 Å². The molecule has 0 radical (unpaired) electrons. The van der Waals surface area contributed by atoms with Crippen molar-refractivity contribution in [3.8, 4) is 0 Å². The lowest BCUT2D eigenvalue weighted by Crippen LogP contribution is -2.38. The molecule has 1 heterocycles. The van der Waals surface area contributed by atoms with Gasteiger partial charge in [-0.2, -0.15) is 0 Å². The second-order valence-corrected chi connectivity index (χ2v) is 5.19. The number of aromatic nitrogens is 1. The van der Waals surface area contributed by atoms with E-state index in [0.29, 0.717) is 16.6 Å². The van der Waals surface area contributed by atoms with E-state index in [0.717, 1.165) is 6.54 Å². The van der Waals surface area contributed by atoms with Crippen molar-refractivity contribution in [2.24, 2.45) is 5.92 Å². The molecule has 92 valence electrons. The zero-order chi connectivity index (χ0) is 12.4. The topological polar surface area (TPSA) is 33.2 Å². The van der Waals surface area contributed by atoms with Gasteiger partial charge in [0.25, 0.3) is 5.91 Å². The van der Waals surface area contributed by atoms with Crippen LogP contribution in [0.2, 0.25) is 5.15 Å². The molecule has 0 bridgehead atoms. The average molecular weight is 253 g/mol. The molecular weight excluding hydrogens is 236 g/mol. The zero-order valence-electron chi connectivity index (χ0n) is 10.2. The molecule has 1 amide bonds. The lowest BCUT2D eigenvalue weighted by Gasteiger charge is -2.27. The molecule has 4 heteroatoms. The van der Waals surface area contributed by atoms with Crippen molar-refractivity contribution in [3.05, 3.63) is 29.0 Å². The van der Waals surface area contributed by atoms with Crippen LogP contribution < -0.4 is 0 Å². The summed E-state index contributed by atoms with van der Waals surface area (Å²) < 4.78 is 0. The fourth-order valence-corrected chi connectivity index (χ4v) is 2.01. The van der Waals surface area contributed by atoms with Crippen LogP contribution in [0.25, 0.3) is 0 Å². The Morgan fingerprint density at radius 3 is 2.82 bits per heavy atom. The average Bonchev–Trinajstić information content (AvgIpc) is 3.09. The van der Waals surface area contributed by atoms with Crippen LogP contribution in [-0.4, -0.2) is 28.4 Å². The van der Waals surface area contributed by atoms with Gasteiger partial charge < -0.3 is 4.90 Å². The number of nitrogens with zero attached hydrogens (tertiary/aromatic N) is 2. The number of hydrogen-bond donors (Lipinski definition) is 0. The highest BCUT2D eigenvalue weighted by atomic mass is 35.5. The van der Waals surface area contributed by atoms with Gasteiger partial charge in [0.15, 0.2) is 0 Å². The maximum atomic E-state index is 12.4. The molecule has 0 saturated heterocycles. The molecule has 1 aromatic rings. The van der Waals surface area contributed by atoms with Gasteiger partial charge in [0, 0.05) is 18.8 Å². The fraction of sp³-hybridized carbons (Fsp3) is 0.538. The van der Waals surface area contributed by atoms with Crippen molar-refractivity contribution in [3.63, 3.8) is 0 Å². The van der Waals surface area contributed by atoms with Gasteiger partial charge in [0.1, 0.15) is 5.15 Å². The molecule has 0 spiro atoms. The molecule has 3 nitrogen and oxygen atoms in total. The Kier molecular flexibility index (Phi) is 3.67. The van der Waals surface area contributed by atoms with Crippen molar-refractivity contribution in [2.75, 3.05) is 6.54 Å². The normalized spacial score (nSPS) is 15.1. The second kappa shape index (κ2) is 5.05. The summed E-state index contributed by atoms with van der Waals surface area (Å²) in [6, 6.07) is 3.67. The van der Waals surface area contributed by atoms with E-state index in [-0.39, 0.29) is 11.9 Å². The molecule has 1 aromatic heterocycles. The van der Waals surface area contributed by atoms with Crippen LogP contribution in [0.15, 0.2) is 18.3 Å². The minimum absolute atomic E-state index is 0.00926. The summed E-state index contributed by atoms with van der Waals surface area (Å²) in [5.41, 5.74) is 0.503. The van der Waals surface area contributed by atoms with Crippen LogP contribution in [0, 0.1) is 5.92 Å². The van der Waals surface area contributed by atoms with E-state index in [1.165, 1.54) is 12.8 Å². The summed E-state index contributed by atoms with van der Waals surface area (Å²) in [7, 11) is 0. The van der Waals surface area contributed by atoms with Crippen LogP contribution in [0.1, 0.15) is 37.0 Å². The van der Waals surface area contributed by atoms with E-state index in [9.17, 15) is 4.79 Å². The van der Waals surface area contributed by atoms with E-state index >= 15 is 0 Å². The number of carbonyl (C=O) groups is 1. The predicted molar refractivity (Wildman–Crippen MR) is 68.1 cm³/mol. The molecule has 1 aliphatic carbocycles. The lowest BCUT2D eigenvalue weighted by atomic mass is 10.2. The third-order valence-electron chi connectivity index (χ3n) is 3.03. The molecule has 2 rings (SSSR count). The Hall–Kier alpha value is -1.09. The first-order valence-electron chi connectivity index (χ1n) is 6.01. The van der Waals surface area contributed by atoms with Crippen molar-refractivity contribution < 1.29 is 4.79 Å². The maximum Gasteiger partial charge on any atom is 0.257 e. The molecule has 0 aliphatic heterocycles. The van der Waals surface area contributed by atoms with Gasteiger partial charge >= 0.3 is 0 Å². The van der Waals surface area contributed by atoms with Gasteiger partial charge in [-0.05, 0) is 44.7 Å². The SMILES string of the molecule is CC(C)N(CC1CC1)C(=O)c1cccnc1Cl. The van der Waals surface area contributed by atoms with E-state index in [1.54, 1.807) is 18.3 Å². The number of rotatable bonds is 4. The number of pyridine rings is 1. The number of hydrogen-bond acceptors (Lipinski definition) is 2. The van der Waals surface area contributed by atoms with E-state index in [1.807, 2.05) is 18.7 Å². The highest BCUT2D eigenvalue weighted by molar-refractivity contribution is 6.32. The Morgan fingerprint density at radius 2 is 2.29 bits per heavy atom. The van der Waals surface area contributed by atoms with Crippen LogP contribution in [0.5, 0.6) is 0 Å². The standard InChI is InChI=1S/C13H17ClN2O/c1-9(2)16(8-10-5-6-10)13(17)11-4-3-7-15-12(11)14/h3-4,7,9-10H,5-6,8H2,1-2H3. The summed E-state index contributed by atoms with van der Waals surface area (Å²) in [6.07, 6.45) is 4.06. The minimum atomic E-state index is -0.00926. The quantitative estimate of drug-likeness (QED) is 0.772. The predicted octanol–water partition coefficient (Wildman–Crippen LogP) is 3.00. The molecule has 0 N–H and O–H groups in total. The Bertz CT molecular complexity index is 416. The minimum Gasteiger partial charge on any atom is -0.336 e. The van der Waals surface area contributed by atoms with Crippen LogP contribution in [-0.2, 0) is 0 Å². The van der Waals surface area contributed by atoms with Crippen LogP contribution in [0.3, 0.4) is 0 Å². The molecule has 0 unspecified atom stereocenters. The number of amides is 1. The first-order valence-corrected chi connectivity index (χ1v) is 6.39. The first kappa shape index (κ1) is 12.4. The smallest absolute Gasteiger partial charge is 0.257 e. The molecule has 17 heavy (non-hydrogen) atoms. The monoisotopic (exact) mass is 252 g/mol. The van der Waals surface area contributed by atoms with Crippen LogP contribution in [0.4, 0.5) is 0 Å². The summed E-state index contributed by atoms with van der Waals surface area (Å²) in [4.78, 5) is 18.2. The second-order valence-electron chi connectivity index (χ2n) is 4.84. The summed E-state index contributed by atoms with van der Waals surface area (Å²) >= 11 is 5.96. The molecule has 1 saturated carbocycles. The lowest BCUT2D eigenvalue weighted by molar-refractivity contribution is 0.0696. The van der Waals surface area contributed by atoms with Crippen molar-refractivity contribution >= 4 is 17.5 Å². The van der Waals surface area contributed by atoms with E-state index in [2.05, 4.69) is 4.98 Å². The number of carbonyl (C=O) groups excluding carboxylic acids is 1. The summed E-state index contributed by atoms with van der Waals surface area (Å²) in [5, 5.41) is 0.291. The summed E-state index contributed by atoms with van der Waals surface area (Å²) in [5.74, 6) is 0.668. The Balaban J connectivity index is 2.18. The molecule has 0 aromatic carbocycles. The maximum absolute atomic E-state index is 12.4. The van der Waals surface area contributed by atoms with Gasteiger partial charge in [0.2, 0.25) is 0 Å². The molecular formula is C13H17ClN2O. The summed E-state index contributed by atoms with van der Waals surface area (Å²) in [6.45, 7) is 4.90. The van der Waals surface area contributed by atoms with Gasteiger partial charge in [-0.3, -0.25) is 4.79 Å². The largest absolute Gasteiger partial charge is 0.336 e. The fourth-order valence-electron chi connectivity index (χ4n) is 1.81. The highest BCUT2D eigenvalue weighted by Crippen LogP contribution is 2.31. The zero-order valence-corrected chi connectivity index (χ0v) is 10.9. The van der Waals surface area contributed by atoms with E-state index in [4.69, 9.17) is 11.6 Å². The molecule has 1 fully saturated rings. The molecule has 0 atom stereocenters. The third kappa shape index (κ3) is 2.97. The van der Waals surface area contributed by atoms with Crippen LogP contribution >= 0.6 is 11.6 Å². The Labute approximate surface area is 107 Å². The molecule has 1 aliphatic rings. The highest BCUT2D eigenvalue weighted by Gasteiger charge is 2.29. The van der Waals surface area contributed by atoms with Gasteiger partial charge in [-0.15, -0.1) is 0 Å². The van der Waals surface area contributed by atoms with Crippen molar-refractivity contribution in [1.29, 1.82) is 0 Å². The van der Waals surface area contributed by atoms with Gasteiger partial charge in [-0.1, -0.05) is 11.6 Å². The third-order valence-corrected chi connectivity index (χ3v) is 3.33. The van der Waals surface area contributed by atoms with Gasteiger partial charge in [0.05, 0.1) is 5.56 Å². The Morgan fingerprint density at radius 1 is 1.59 bits per heavy atom. The number of halogens is 1. The first-order chi connectivity index (χ1) is 8.09. The van der Waals surface area contributed by atoms with E-state index < -0.39 is 0 Å².